The molecular weight excluding hydrogens is 222 g/mol. The first-order valence-electron chi connectivity index (χ1n) is 5.03. The average Bonchev–Trinajstić information content (AvgIpc) is 2.27. The van der Waals surface area contributed by atoms with Gasteiger partial charge in [-0.3, -0.25) is 0 Å². The van der Waals surface area contributed by atoms with Crippen LogP contribution in [0.4, 0.5) is 4.79 Å². The Morgan fingerprint density at radius 3 is 2.75 bits per heavy atom. The molecule has 1 aromatic carbocycles. The highest BCUT2D eigenvalue weighted by molar-refractivity contribution is 7.99. The van der Waals surface area contributed by atoms with Crippen LogP contribution in [0.25, 0.3) is 0 Å². The molecule has 0 unspecified atom stereocenters. The highest BCUT2D eigenvalue weighted by atomic mass is 32.2. The number of hydrogen-bond acceptors (Lipinski definition) is 3. The van der Waals surface area contributed by atoms with Crippen LogP contribution in [-0.4, -0.2) is 18.0 Å². The third-order valence-electron chi connectivity index (χ3n) is 1.74. The van der Waals surface area contributed by atoms with Crippen LogP contribution in [0.5, 0.6) is 0 Å². The van der Waals surface area contributed by atoms with Gasteiger partial charge >= 0.3 is 6.03 Å². The zero-order valence-corrected chi connectivity index (χ0v) is 9.96. The molecule has 0 spiro atoms. The minimum atomic E-state index is -0.661. The monoisotopic (exact) mass is 237 g/mol. The van der Waals surface area contributed by atoms with Crippen molar-refractivity contribution in [1.29, 1.82) is 0 Å². The first-order chi connectivity index (χ1) is 7.72. The lowest BCUT2D eigenvalue weighted by Gasteiger charge is -1.99. The normalized spacial score (nSPS) is 10.6. The third kappa shape index (κ3) is 4.84. The molecule has 5 heteroatoms. The Morgan fingerprint density at radius 1 is 1.50 bits per heavy atom. The fourth-order valence-electron chi connectivity index (χ4n) is 1.04. The Kier molecular flexibility index (Phi) is 5.42. The quantitative estimate of drug-likeness (QED) is 0.468. The van der Waals surface area contributed by atoms with Gasteiger partial charge in [0.2, 0.25) is 0 Å². The second-order valence-electron chi connectivity index (χ2n) is 3.15. The number of benzene rings is 1. The Balaban J connectivity index is 2.50. The lowest BCUT2D eigenvalue weighted by Crippen LogP contribution is -2.24. The summed E-state index contributed by atoms with van der Waals surface area (Å²) in [7, 11) is 0. The molecule has 86 valence electrons. The molecule has 0 aliphatic rings. The first-order valence-corrected chi connectivity index (χ1v) is 6.02. The maximum absolute atomic E-state index is 10.4. The zero-order valence-electron chi connectivity index (χ0n) is 9.14. The van der Waals surface area contributed by atoms with Gasteiger partial charge < -0.3 is 5.73 Å². The predicted octanol–water partition coefficient (Wildman–Crippen LogP) is 2.19. The van der Waals surface area contributed by atoms with Crippen LogP contribution in [0.1, 0.15) is 18.9 Å². The summed E-state index contributed by atoms with van der Waals surface area (Å²) in [6, 6.07) is 7.30. The van der Waals surface area contributed by atoms with Gasteiger partial charge in [-0.05, 0) is 29.9 Å². The van der Waals surface area contributed by atoms with E-state index in [0.29, 0.717) is 0 Å². The van der Waals surface area contributed by atoms with E-state index in [1.807, 2.05) is 36.0 Å². The van der Waals surface area contributed by atoms with Gasteiger partial charge in [-0.25, -0.2) is 10.2 Å². The first kappa shape index (κ1) is 12.6. The lowest BCUT2D eigenvalue weighted by molar-refractivity contribution is 0.249. The van der Waals surface area contributed by atoms with E-state index in [4.69, 9.17) is 5.73 Å². The number of carbonyl (C=O) groups is 1. The highest BCUT2D eigenvalue weighted by Gasteiger charge is 1.93. The number of thioether (sulfide) groups is 1. The molecule has 4 nitrogen and oxygen atoms in total. The van der Waals surface area contributed by atoms with Crippen molar-refractivity contribution in [1.82, 2.24) is 5.43 Å². The van der Waals surface area contributed by atoms with Crippen molar-refractivity contribution in [2.45, 2.75) is 18.2 Å². The van der Waals surface area contributed by atoms with Crippen LogP contribution in [0.15, 0.2) is 34.3 Å². The zero-order chi connectivity index (χ0) is 11.8. The van der Waals surface area contributed by atoms with Crippen molar-refractivity contribution in [3.05, 3.63) is 29.8 Å². The lowest BCUT2D eigenvalue weighted by atomic mass is 10.2. The van der Waals surface area contributed by atoms with Crippen LogP contribution in [0.2, 0.25) is 0 Å². The number of nitrogens with zero attached hydrogens (tertiary/aromatic N) is 1. The Labute approximate surface area is 99.3 Å². The van der Waals surface area contributed by atoms with Crippen LogP contribution >= 0.6 is 11.8 Å². The average molecular weight is 237 g/mol. The Morgan fingerprint density at radius 2 is 2.19 bits per heavy atom. The minimum absolute atomic E-state index is 0.661. The van der Waals surface area contributed by atoms with Crippen molar-refractivity contribution < 1.29 is 4.79 Å². The smallest absolute Gasteiger partial charge is 0.332 e. The molecule has 16 heavy (non-hydrogen) atoms. The maximum atomic E-state index is 10.4. The molecule has 0 saturated heterocycles. The van der Waals surface area contributed by atoms with Crippen LogP contribution in [-0.2, 0) is 0 Å². The number of hydrazone groups is 1. The second-order valence-corrected chi connectivity index (χ2v) is 4.32. The number of nitrogens with two attached hydrogens (primary N) is 1. The van der Waals surface area contributed by atoms with Gasteiger partial charge in [-0.15, -0.1) is 11.8 Å². The number of amides is 2. The summed E-state index contributed by atoms with van der Waals surface area (Å²) in [6.07, 6.45) is 2.72. The number of carbonyl (C=O) groups excluding carboxylic acids is 1. The molecule has 1 rings (SSSR count). The largest absolute Gasteiger partial charge is 0.350 e. The third-order valence-corrected chi connectivity index (χ3v) is 2.96. The molecule has 0 radical (unpaired) electrons. The molecule has 1 aromatic rings. The standard InChI is InChI=1S/C11H15N3OS/c1-2-7-16-10-5-3-9(4-6-10)8-13-14-11(12)15/h3-6,8H,2,7H2,1H3,(H3,12,14,15). The predicted molar refractivity (Wildman–Crippen MR) is 67.8 cm³/mol. The van der Waals surface area contributed by atoms with E-state index in [2.05, 4.69) is 17.5 Å². The van der Waals surface area contributed by atoms with Crippen molar-refractivity contribution in [2.24, 2.45) is 10.8 Å². The fraction of sp³-hybridized carbons (Fsp3) is 0.273. The van der Waals surface area contributed by atoms with Gasteiger partial charge in [0.25, 0.3) is 0 Å². The number of hydrogen-bond donors (Lipinski definition) is 2. The van der Waals surface area contributed by atoms with Crippen molar-refractivity contribution in [3.63, 3.8) is 0 Å². The Bertz CT molecular complexity index is 362. The van der Waals surface area contributed by atoms with Gasteiger partial charge in [0.1, 0.15) is 0 Å². The summed E-state index contributed by atoms with van der Waals surface area (Å²) in [4.78, 5) is 11.6. The van der Waals surface area contributed by atoms with E-state index < -0.39 is 6.03 Å². The molecular formula is C11H15N3OS. The van der Waals surface area contributed by atoms with Gasteiger partial charge in [-0.1, -0.05) is 19.1 Å². The molecule has 0 aliphatic heterocycles. The SMILES string of the molecule is CCCSc1ccc(C=NNC(N)=O)cc1. The summed E-state index contributed by atoms with van der Waals surface area (Å²) in [5.74, 6) is 1.12. The summed E-state index contributed by atoms with van der Waals surface area (Å²) in [5, 5.41) is 3.68. The van der Waals surface area contributed by atoms with Gasteiger partial charge in [-0.2, -0.15) is 5.10 Å². The topological polar surface area (TPSA) is 67.5 Å². The second kappa shape index (κ2) is 6.90. The fourth-order valence-corrected chi connectivity index (χ4v) is 1.81. The molecule has 0 saturated carbocycles. The number of urea groups is 1. The van der Waals surface area contributed by atoms with E-state index >= 15 is 0 Å². The molecule has 0 bridgehead atoms. The molecule has 0 heterocycles. The molecule has 0 atom stereocenters. The number of rotatable bonds is 5. The summed E-state index contributed by atoms with van der Waals surface area (Å²) < 4.78 is 0. The highest BCUT2D eigenvalue weighted by Crippen LogP contribution is 2.18. The molecule has 0 aromatic heterocycles. The van der Waals surface area contributed by atoms with Gasteiger partial charge in [0, 0.05) is 4.90 Å². The van der Waals surface area contributed by atoms with E-state index in [1.165, 1.54) is 4.90 Å². The number of primary amides is 1. The van der Waals surface area contributed by atoms with E-state index in [-0.39, 0.29) is 0 Å². The van der Waals surface area contributed by atoms with E-state index in [9.17, 15) is 4.79 Å². The minimum Gasteiger partial charge on any atom is -0.350 e. The molecule has 2 amide bonds. The van der Waals surface area contributed by atoms with Crippen LogP contribution in [0, 0.1) is 0 Å². The summed E-state index contributed by atoms with van der Waals surface area (Å²) in [5.41, 5.74) is 7.94. The maximum Gasteiger partial charge on any atom is 0.332 e. The van der Waals surface area contributed by atoms with Crippen LogP contribution in [0.3, 0.4) is 0 Å². The van der Waals surface area contributed by atoms with Crippen molar-refractivity contribution >= 4 is 24.0 Å². The summed E-state index contributed by atoms with van der Waals surface area (Å²) >= 11 is 1.82. The Hall–Kier alpha value is -1.49. The molecule has 3 N–H and O–H groups in total. The van der Waals surface area contributed by atoms with Gasteiger partial charge in [0.05, 0.1) is 6.21 Å². The molecule has 0 fully saturated rings. The van der Waals surface area contributed by atoms with Crippen LogP contribution < -0.4 is 11.2 Å². The van der Waals surface area contributed by atoms with E-state index in [0.717, 1.165) is 17.7 Å². The molecule has 0 aliphatic carbocycles. The van der Waals surface area contributed by atoms with Crippen molar-refractivity contribution in [2.75, 3.05) is 5.75 Å². The summed E-state index contributed by atoms with van der Waals surface area (Å²) in [6.45, 7) is 2.16. The van der Waals surface area contributed by atoms with Gasteiger partial charge in [0.15, 0.2) is 0 Å². The van der Waals surface area contributed by atoms with Crippen molar-refractivity contribution in [3.8, 4) is 0 Å². The van der Waals surface area contributed by atoms with E-state index in [1.54, 1.807) is 6.21 Å². The number of nitrogens with one attached hydrogen (secondary N) is 1.